The average molecular weight is 213 g/mol. The van der Waals surface area contributed by atoms with Crippen LogP contribution in [-0.4, -0.2) is 21.2 Å². The number of aryl methyl sites for hydroxylation is 1. The van der Waals surface area contributed by atoms with Crippen LogP contribution in [0.15, 0.2) is 30.6 Å². The fourth-order valence-corrected chi connectivity index (χ4v) is 1.48. The van der Waals surface area contributed by atoms with E-state index in [0.717, 1.165) is 17.5 Å². The first-order valence-corrected chi connectivity index (χ1v) is 4.96. The molecule has 2 aromatic rings. The van der Waals surface area contributed by atoms with Gasteiger partial charge in [-0.05, 0) is 24.6 Å². The first-order valence-electron chi connectivity index (χ1n) is 4.96. The minimum atomic E-state index is 0.423. The maximum atomic E-state index is 10.7. The van der Waals surface area contributed by atoms with Gasteiger partial charge >= 0.3 is 0 Å². The van der Waals surface area contributed by atoms with Gasteiger partial charge in [0.15, 0.2) is 6.29 Å². The molecule has 0 aliphatic carbocycles. The number of aldehydes is 1. The van der Waals surface area contributed by atoms with Crippen LogP contribution in [0.2, 0.25) is 0 Å². The molecule has 0 N–H and O–H groups in total. The SMILES string of the molecule is Cc1cc(C=O)nc(Cc2cccnc2)n1. The molecular formula is C12H11N3O. The first kappa shape index (κ1) is 10.4. The van der Waals surface area contributed by atoms with Gasteiger partial charge < -0.3 is 0 Å². The average Bonchev–Trinajstić information content (AvgIpc) is 2.29. The van der Waals surface area contributed by atoms with Crippen molar-refractivity contribution in [3.05, 3.63) is 53.4 Å². The second-order valence-electron chi connectivity index (χ2n) is 3.51. The van der Waals surface area contributed by atoms with Crippen LogP contribution in [0.25, 0.3) is 0 Å². The number of rotatable bonds is 3. The third-order valence-corrected chi connectivity index (χ3v) is 2.13. The Morgan fingerprint density at radius 3 is 2.94 bits per heavy atom. The molecule has 0 radical (unpaired) electrons. The van der Waals surface area contributed by atoms with Crippen molar-refractivity contribution in [2.45, 2.75) is 13.3 Å². The molecule has 0 amide bonds. The lowest BCUT2D eigenvalue weighted by Crippen LogP contribution is -2.02. The van der Waals surface area contributed by atoms with Crippen LogP contribution in [0.4, 0.5) is 0 Å². The monoisotopic (exact) mass is 213 g/mol. The van der Waals surface area contributed by atoms with Crippen LogP contribution >= 0.6 is 0 Å². The molecule has 16 heavy (non-hydrogen) atoms. The Balaban J connectivity index is 2.28. The molecule has 80 valence electrons. The van der Waals surface area contributed by atoms with Crippen molar-refractivity contribution in [2.24, 2.45) is 0 Å². The Morgan fingerprint density at radius 1 is 1.38 bits per heavy atom. The minimum absolute atomic E-state index is 0.423. The van der Waals surface area contributed by atoms with Crippen molar-refractivity contribution in [2.75, 3.05) is 0 Å². The van der Waals surface area contributed by atoms with E-state index in [-0.39, 0.29) is 0 Å². The van der Waals surface area contributed by atoms with Crippen molar-refractivity contribution in [1.82, 2.24) is 15.0 Å². The van der Waals surface area contributed by atoms with Crippen LogP contribution in [-0.2, 0) is 6.42 Å². The van der Waals surface area contributed by atoms with Gasteiger partial charge in [0.05, 0.1) is 0 Å². The molecule has 0 aromatic carbocycles. The lowest BCUT2D eigenvalue weighted by molar-refractivity contribution is 0.111. The molecule has 2 aromatic heterocycles. The summed E-state index contributed by atoms with van der Waals surface area (Å²) in [5.74, 6) is 0.648. The molecule has 2 rings (SSSR count). The Kier molecular flexibility index (Phi) is 3.00. The molecule has 0 saturated carbocycles. The van der Waals surface area contributed by atoms with Crippen molar-refractivity contribution in [3.63, 3.8) is 0 Å². The van der Waals surface area contributed by atoms with E-state index in [9.17, 15) is 4.79 Å². The second kappa shape index (κ2) is 4.61. The van der Waals surface area contributed by atoms with E-state index in [1.807, 2.05) is 19.1 Å². The third kappa shape index (κ3) is 2.48. The summed E-state index contributed by atoms with van der Waals surface area (Å²) < 4.78 is 0. The van der Waals surface area contributed by atoms with E-state index in [0.29, 0.717) is 17.9 Å². The Bertz CT molecular complexity index is 497. The van der Waals surface area contributed by atoms with E-state index in [1.165, 1.54) is 0 Å². The van der Waals surface area contributed by atoms with Crippen LogP contribution in [0.5, 0.6) is 0 Å². The van der Waals surface area contributed by atoms with E-state index < -0.39 is 0 Å². The quantitative estimate of drug-likeness (QED) is 0.726. The van der Waals surface area contributed by atoms with E-state index in [1.54, 1.807) is 18.5 Å². The summed E-state index contributed by atoms with van der Waals surface area (Å²) in [6, 6.07) is 5.49. The summed E-state index contributed by atoms with van der Waals surface area (Å²) in [4.78, 5) is 23.1. The standard InChI is InChI=1S/C12H11N3O/c1-9-5-11(8-16)15-12(14-9)6-10-3-2-4-13-7-10/h2-5,7-8H,6H2,1H3. The van der Waals surface area contributed by atoms with Gasteiger partial charge in [-0.3, -0.25) is 9.78 Å². The lowest BCUT2D eigenvalue weighted by Gasteiger charge is -2.02. The fraction of sp³-hybridized carbons (Fsp3) is 0.167. The van der Waals surface area contributed by atoms with E-state index >= 15 is 0 Å². The third-order valence-electron chi connectivity index (χ3n) is 2.13. The molecule has 0 saturated heterocycles. The van der Waals surface area contributed by atoms with Gasteiger partial charge in [-0.15, -0.1) is 0 Å². The van der Waals surface area contributed by atoms with Gasteiger partial charge in [0.1, 0.15) is 11.5 Å². The molecule has 4 heteroatoms. The first-order chi connectivity index (χ1) is 7.78. The lowest BCUT2D eigenvalue weighted by atomic mass is 10.2. The molecule has 0 bridgehead atoms. The Hall–Kier alpha value is -2.10. The van der Waals surface area contributed by atoms with Gasteiger partial charge in [-0.2, -0.15) is 0 Å². The molecule has 0 fully saturated rings. The van der Waals surface area contributed by atoms with Crippen molar-refractivity contribution < 1.29 is 4.79 Å². The largest absolute Gasteiger partial charge is 0.296 e. The van der Waals surface area contributed by atoms with E-state index in [4.69, 9.17) is 0 Å². The highest BCUT2D eigenvalue weighted by atomic mass is 16.1. The molecule has 0 spiro atoms. The van der Waals surface area contributed by atoms with Crippen molar-refractivity contribution >= 4 is 6.29 Å². The molecule has 2 heterocycles. The predicted molar refractivity (Wildman–Crippen MR) is 59.2 cm³/mol. The predicted octanol–water partition coefficient (Wildman–Crippen LogP) is 1.58. The van der Waals surface area contributed by atoms with Crippen LogP contribution in [0, 0.1) is 6.92 Å². The van der Waals surface area contributed by atoms with Gasteiger partial charge in [0.25, 0.3) is 0 Å². The number of hydrogen-bond donors (Lipinski definition) is 0. The molecular weight excluding hydrogens is 202 g/mol. The number of nitrogens with zero attached hydrogens (tertiary/aromatic N) is 3. The van der Waals surface area contributed by atoms with Gasteiger partial charge in [-0.25, -0.2) is 9.97 Å². The summed E-state index contributed by atoms with van der Waals surface area (Å²) >= 11 is 0. The normalized spacial score (nSPS) is 10.1. The second-order valence-corrected chi connectivity index (χ2v) is 3.51. The van der Waals surface area contributed by atoms with Crippen LogP contribution < -0.4 is 0 Å². The highest BCUT2D eigenvalue weighted by Gasteiger charge is 2.02. The maximum absolute atomic E-state index is 10.7. The van der Waals surface area contributed by atoms with Crippen molar-refractivity contribution in [1.29, 1.82) is 0 Å². The van der Waals surface area contributed by atoms with Gasteiger partial charge in [-0.1, -0.05) is 6.07 Å². The molecule has 0 aliphatic heterocycles. The molecule has 4 nitrogen and oxygen atoms in total. The smallest absolute Gasteiger partial charge is 0.168 e. The van der Waals surface area contributed by atoms with Crippen molar-refractivity contribution in [3.8, 4) is 0 Å². The number of pyridine rings is 1. The van der Waals surface area contributed by atoms with E-state index in [2.05, 4.69) is 15.0 Å². The van der Waals surface area contributed by atoms with Crippen LogP contribution in [0.3, 0.4) is 0 Å². The summed E-state index contributed by atoms with van der Waals surface area (Å²) in [5, 5.41) is 0. The zero-order chi connectivity index (χ0) is 11.4. The number of hydrogen-bond acceptors (Lipinski definition) is 4. The summed E-state index contributed by atoms with van der Waals surface area (Å²) in [7, 11) is 0. The number of carbonyl (C=O) groups excluding carboxylic acids is 1. The topological polar surface area (TPSA) is 55.7 Å². The molecule has 0 aliphatic rings. The molecule has 0 unspecified atom stereocenters. The summed E-state index contributed by atoms with van der Waals surface area (Å²) in [6.45, 7) is 1.85. The maximum Gasteiger partial charge on any atom is 0.168 e. The number of aromatic nitrogens is 3. The summed E-state index contributed by atoms with van der Waals surface area (Å²) in [6.07, 6.45) is 4.82. The van der Waals surface area contributed by atoms with Crippen LogP contribution in [0.1, 0.15) is 27.6 Å². The Labute approximate surface area is 93.4 Å². The Morgan fingerprint density at radius 2 is 2.25 bits per heavy atom. The zero-order valence-corrected chi connectivity index (χ0v) is 8.92. The zero-order valence-electron chi connectivity index (χ0n) is 8.92. The minimum Gasteiger partial charge on any atom is -0.296 e. The highest BCUT2D eigenvalue weighted by molar-refractivity contribution is 5.71. The summed E-state index contributed by atoms with van der Waals surface area (Å²) in [5.41, 5.74) is 2.26. The molecule has 0 atom stereocenters. The number of carbonyl (C=O) groups is 1. The van der Waals surface area contributed by atoms with Gasteiger partial charge in [0, 0.05) is 24.5 Å². The fourth-order valence-electron chi connectivity index (χ4n) is 1.48. The van der Waals surface area contributed by atoms with Gasteiger partial charge in [0.2, 0.25) is 0 Å². The highest BCUT2D eigenvalue weighted by Crippen LogP contribution is 2.05.